The number of fused-ring (bicyclic) bond motifs is 2. The van der Waals surface area contributed by atoms with Gasteiger partial charge in [-0.25, -0.2) is 9.78 Å². The van der Waals surface area contributed by atoms with Crippen LogP contribution in [-0.2, 0) is 25.6 Å². The van der Waals surface area contributed by atoms with Gasteiger partial charge in [-0.3, -0.25) is 19.6 Å². The highest BCUT2D eigenvalue weighted by atomic mass is 16.5. The largest absolute Gasteiger partial charge is 0.453 e. The number of nitrogens with zero attached hydrogens (tertiary/aromatic N) is 4. The summed E-state index contributed by atoms with van der Waals surface area (Å²) in [6, 6.07) is 20.1. The molecule has 2 saturated carbocycles. The maximum Gasteiger partial charge on any atom is 0.407 e. The van der Waals surface area contributed by atoms with Crippen LogP contribution in [0.2, 0.25) is 0 Å². The fourth-order valence-corrected chi connectivity index (χ4v) is 10.3. The molecule has 4 fully saturated rings. The van der Waals surface area contributed by atoms with Gasteiger partial charge in [-0.05, 0) is 102 Å². The molecule has 3 amide bonds. The van der Waals surface area contributed by atoms with E-state index in [1.54, 1.807) is 6.20 Å². The number of benzene rings is 2. The minimum Gasteiger partial charge on any atom is -0.453 e. The Morgan fingerprint density at radius 1 is 0.914 bits per heavy atom. The number of carbonyl (C=O) groups excluding carboxylic acids is 3. The SMILES string of the molecule is COC(=O)NC(C(=O)N1CCC[C@H]1c1ncc(-c2ccc(-c3ccc(C4=CN=C(C5C6CCC(C6)[C@@H]5C(=O)NCc5cccnc5)C4)cc3)cc2)[nH]1)C1CCOCC1. The molecule has 2 aromatic heterocycles. The number of amides is 3. The van der Waals surface area contributed by atoms with E-state index >= 15 is 0 Å². The average Bonchev–Trinajstić information content (AvgIpc) is 4.14. The minimum absolute atomic E-state index is 0.0138. The molecule has 2 saturated heterocycles. The number of allylic oxidation sites excluding steroid dienone is 1. The molecule has 58 heavy (non-hydrogen) atoms. The van der Waals surface area contributed by atoms with Crippen LogP contribution in [0.4, 0.5) is 4.79 Å². The molecule has 3 N–H and O–H groups in total. The van der Waals surface area contributed by atoms with Gasteiger partial charge >= 0.3 is 6.09 Å². The van der Waals surface area contributed by atoms with Crippen molar-refractivity contribution in [1.82, 2.24) is 30.5 Å². The van der Waals surface area contributed by atoms with Gasteiger partial charge in [-0.15, -0.1) is 0 Å². The fourth-order valence-electron chi connectivity index (χ4n) is 10.3. The van der Waals surface area contributed by atoms with Gasteiger partial charge in [0.1, 0.15) is 11.9 Å². The Morgan fingerprint density at radius 3 is 2.40 bits per heavy atom. The number of alkyl carbamates (subject to hydrolysis) is 1. The summed E-state index contributed by atoms with van der Waals surface area (Å²) in [5.41, 5.74) is 8.66. The highest BCUT2D eigenvalue weighted by Crippen LogP contribution is 2.54. The number of pyridine rings is 1. The van der Waals surface area contributed by atoms with Crippen LogP contribution in [0.3, 0.4) is 0 Å². The lowest BCUT2D eigenvalue weighted by molar-refractivity contribution is -0.136. The summed E-state index contributed by atoms with van der Waals surface area (Å²) in [6.07, 6.45) is 14.1. The number of hydrogen-bond acceptors (Lipinski definition) is 8. The molecular weight excluding hydrogens is 731 g/mol. The van der Waals surface area contributed by atoms with Gasteiger partial charge in [0.25, 0.3) is 0 Å². The summed E-state index contributed by atoms with van der Waals surface area (Å²) < 4.78 is 10.4. The molecule has 6 atom stereocenters. The Balaban J connectivity index is 0.824. The van der Waals surface area contributed by atoms with Crippen LogP contribution < -0.4 is 10.6 Å². The van der Waals surface area contributed by atoms with Crippen molar-refractivity contribution in [3.63, 3.8) is 0 Å². The molecule has 9 rings (SSSR count). The van der Waals surface area contributed by atoms with Crippen molar-refractivity contribution in [2.45, 2.75) is 70.0 Å². The van der Waals surface area contributed by atoms with Gasteiger partial charge in [0.05, 0.1) is 25.0 Å². The van der Waals surface area contributed by atoms with Crippen molar-refractivity contribution in [3.8, 4) is 22.4 Å². The second-order valence-electron chi connectivity index (χ2n) is 16.5. The summed E-state index contributed by atoms with van der Waals surface area (Å²) in [7, 11) is 1.32. The van der Waals surface area contributed by atoms with Gasteiger partial charge in [0.15, 0.2) is 0 Å². The van der Waals surface area contributed by atoms with E-state index < -0.39 is 12.1 Å². The normalized spacial score (nSPS) is 24.6. The van der Waals surface area contributed by atoms with Crippen LogP contribution in [0.1, 0.15) is 74.4 Å². The van der Waals surface area contributed by atoms with E-state index in [0.717, 1.165) is 77.2 Å². The van der Waals surface area contributed by atoms with Crippen molar-refractivity contribution < 1.29 is 23.9 Å². The third-order valence-electron chi connectivity index (χ3n) is 13.2. The summed E-state index contributed by atoms with van der Waals surface area (Å²) >= 11 is 0. The first-order chi connectivity index (χ1) is 28.4. The molecule has 4 aromatic rings. The number of carbonyl (C=O) groups is 3. The number of rotatable bonds is 11. The van der Waals surface area contributed by atoms with Crippen LogP contribution in [0, 0.1) is 29.6 Å². The number of aromatic nitrogens is 3. The first-order valence-electron chi connectivity index (χ1n) is 20.8. The van der Waals surface area contributed by atoms with Gasteiger partial charge in [0, 0.05) is 68.9 Å². The molecule has 12 heteroatoms. The molecule has 300 valence electrons. The summed E-state index contributed by atoms with van der Waals surface area (Å²) in [6.45, 7) is 2.25. The predicted molar refractivity (Wildman–Crippen MR) is 220 cm³/mol. The summed E-state index contributed by atoms with van der Waals surface area (Å²) in [4.78, 5) is 59.0. The second kappa shape index (κ2) is 16.7. The smallest absolute Gasteiger partial charge is 0.407 e. The van der Waals surface area contributed by atoms with Crippen molar-refractivity contribution in [2.75, 3.05) is 26.9 Å². The quantitative estimate of drug-likeness (QED) is 0.147. The summed E-state index contributed by atoms with van der Waals surface area (Å²) in [5.74, 6) is 1.94. The van der Waals surface area contributed by atoms with E-state index in [0.29, 0.717) is 51.0 Å². The standard InChI is InChI=1S/C46H51N7O5/c1-57-46(56)52-42(33-16-20-58-21-17-33)45(55)53-19-3-5-39(53)43-49-27-38(51-43)32-12-10-30(11-13-32)29-6-8-31(9-7-29)36-23-37(48-26-36)40-34-14-15-35(22-34)41(40)44(54)50-25-28-4-2-18-47-24-28/h2,4,6-13,18,24,26-27,33-35,39-42H,3,5,14-17,19-23,25H2,1H3,(H,49,51)(H,50,54)(H,52,56)/t34?,35?,39-,40?,41-,42?/m0/s1. The molecule has 0 radical (unpaired) electrons. The zero-order chi connectivity index (χ0) is 39.6. The lowest BCUT2D eigenvalue weighted by Crippen LogP contribution is -2.53. The van der Waals surface area contributed by atoms with Crippen LogP contribution in [0.5, 0.6) is 0 Å². The highest BCUT2D eigenvalue weighted by molar-refractivity contribution is 6.02. The van der Waals surface area contributed by atoms with Crippen LogP contribution in [0.25, 0.3) is 28.0 Å². The Labute approximate surface area is 338 Å². The Hall–Kier alpha value is -5.62. The van der Waals surface area contributed by atoms with Crippen LogP contribution in [-0.4, -0.2) is 76.4 Å². The predicted octanol–water partition coefficient (Wildman–Crippen LogP) is 7.12. The molecule has 3 aliphatic heterocycles. The molecule has 0 spiro atoms. The van der Waals surface area contributed by atoms with Crippen molar-refractivity contribution in [3.05, 3.63) is 102 Å². The Bertz CT molecular complexity index is 2180. The Kier molecular flexibility index (Phi) is 10.9. The zero-order valence-corrected chi connectivity index (χ0v) is 32.9. The molecule has 2 aromatic carbocycles. The second-order valence-corrected chi connectivity index (χ2v) is 16.5. The zero-order valence-electron chi connectivity index (χ0n) is 32.9. The first-order valence-corrected chi connectivity index (χ1v) is 20.8. The maximum atomic E-state index is 14.0. The number of ether oxygens (including phenoxy) is 2. The lowest BCUT2D eigenvalue weighted by Gasteiger charge is -2.34. The third-order valence-corrected chi connectivity index (χ3v) is 13.2. The van der Waals surface area contributed by atoms with Crippen molar-refractivity contribution in [1.29, 1.82) is 0 Å². The van der Waals surface area contributed by atoms with Crippen LogP contribution >= 0.6 is 0 Å². The number of nitrogens with one attached hydrogen (secondary N) is 3. The number of H-pyrrole nitrogens is 1. The maximum absolute atomic E-state index is 14.0. The van der Waals surface area contributed by atoms with E-state index in [-0.39, 0.29) is 35.6 Å². The topological polar surface area (TPSA) is 151 Å². The molecular formula is C46H51N7O5. The van der Waals surface area contributed by atoms with Gasteiger partial charge in [-0.2, -0.15) is 0 Å². The van der Waals surface area contributed by atoms with Gasteiger partial charge in [0.2, 0.25) is 11.8 Å². The van der Waals surface area contributed by atoms with E-state index in [9.17, 15) is 14.4 Å². The van der Waals surface area contributed by atoms with E-state index in [1.165, 1.54) is 19.1 Å². The van der Waals surface area contributed by atoms with Gasteiger partial charge in [-0.1, -0.05) is 54.6 Å². The van der Waals surface area contributed by atoms with Crippen LogP contribution in [0.15, 0.2) is 90.4 Å². The monoisotopic (exact) mass is 781 g/mol. The molecule has 2 aliphatic carbocycles. The molecule has 2 bridgehead atoms. The van der Waals surface area contributed by atoms with Crippen molar-refractivity contribution >= 4 is 29.2 Å². The number of likely N-dealkylation sites (tertiary alicyclic amines) is 1. The highest BCUT2D eigenvalue weighted by Gasteiger charge is 2.52. The number of imidazole rings is 1. The minimum atomic E-state index is -0.669. The molecule has 4 unspecified atom stereocenters. The van der Waals surface area contributed by atoms with Crippen molar-refractivity contribution in [2.24, 2.45) is 34.6 Å². The van der Waals surface area contributed by atoms with E-state index in [4.69, 9.17) is 19.5 Å². The number of hydrogen-bond donors (Lipinski definition) is 3. The molecule has 5 aliphatic rings. The van der Waals surface area contributed by atoms with Gasteiger partial charge < -0.3 is 30.0 Å². The third kappa shape index (κ3) is 7.69. The number of aromatic amines is 1. The fraction of sp³-hybridized carbons (Fsp3) is 0.435. The lowest BCUT2D eigenvalue weighted by atomic mass is 9.75. The Morgan fingerprint density at radius 2 is 1.66 bits per heavy atom. The molecule has 5 heterocycles. The first kappa shape index (κ1) is 37.9. The molecule has 12 nitrogen and oxygen atoms in total. The number of methoxy groups -OCH3 is 1. The number of aliphatic imine (C=N–C) groups is 1. The average molecular weight is 782 g/mol. The summed E-state index contributed by atoms with van der Waals surface area (Å²) in [5, 5.41) is 6.03. The van der Waals surface area contributed by atoms with E-state index in [1.807, 2.05) is 35.6 Å². The van der Waals surface area contributed by atoms with E-state index in [2.05, 4.69) is 69.1 Å².